The standard InChI is InChI=1S/C12H12ClNO4/c1-17-11-5-4-10(13)7-9(11)3-2-6-14-18-8-12(15)16/h2-7H,8H2,1H3,(H,15,16)/b3-2-,14-6+. The average molecular weight is 270 g/mol. The van der Waals surface area contributed by atoms with Crippen LogP contribution < -0.4 is 4.74 Å². The zero-order chi connectivity index (χ0) is 13.4. The Morgan fingerprint density at radius 2 is 2.33 bits per heavy atom. The van der Waals surface area contributed by atoms with Crippen molar-refractivity contribution in [3.05, 3.63) is 34.9 Å². The fraction of sp³-hybridized carbons (Fsp3) is 0.167. The second-order valence-corrected chi connectivity index (χ2v) is 3.60. The lowest BCUT2D eigenvalue weighted by molar-refractivity contribution is -0.142. The van der Waals surface area contributed by atoms with Crippen molar-refractivity contribution < 1.29 is 19.5 Å². The highest BCUT2D eigenvalue weighted by Crippen LogP contribution is 2.23. The van der Waals surface area contributed by atoms with E-state index in [0.29, 0.717) is 10.8 Å². The molecular weight excluding hydrogens is 258 g/mol. The number of nitrogens with zero attached hydrogens (tertiary/aromatic N) is 1. The Morgan fingerprint density at radius 3 is 3.00 bits per heavy atom. The molecule has 0 saturated heterocycles. The minimum Gasteiger partial charge on any atom is -0.496 e. The van der Waals surface area contributed by atoms with E-state index in [2.05, 4.69) is 9.99 Å². The van der Waals surface area contributed by atoms with Gasteiger partial charge in [-0.25, -0.2) is 4.79 Å². The SMILES string of the molecule is COc1ccc(Cl)cc1/C=C\C=N\OCC(=O)O. The number of carboxylic acids is 1. The van der Waals surface area contributed by atoms with Crippen molar-refractivity contribution >= 4 is 29.9 Å². The number of hydrogen-bond acceptors (Lipinski definition) is 4. The summed E-state index contributed by atoms with van der Waals surface area (Å²) in [5.74, 6) is -0.400. The van der Waals surface area contributed by atoms with E-state index >= 15 is 0 Å². The molecule has 0 saturated carbocycles. The van der Waals surface area contributed by atoms with Crippen molar-refractivity contribution in [2.24, 2.45) is 5.16 Å². The third-order valence-electron chi connectivity index (χ3n) is 1.88. The number of methoxy groups -OCH3 is 1. The fourth-order valence-electron chi connectivity index (χ4n) is 1.15. The van der Waals surface area contributed by atoms with E-state index in [1.807, 2.05) is 0 Å². The smallest absolute Gasteiger partial charge is 0.344 e. The summed E-state index contributed by atoms with van der Waals surface area (Å²) in [6.45, 7) is -0.467. The number of carbonyl (C=O) groups is 1. The zero-order valence-electron chi connectivity index (χ0n) is 9.67. The Bertz CT molecular complexity index is 471. The van der Waals surface area contributed by atoms with Crippen LogP contribution in [0.25, 0.3) is 6.08 Å². The van der Waals surface area contributed by atoms with Crippen LogP contribution in [-0.4, -0.2) is 31.0 Å². The van der Waals surface area contributed by atoms with E-state index in [1.165, 1.54) is 6.21 Å². The lowest BCUT2D eigenvalue weighted by Crippen LogP contribution is -2.02. The third-order valence-corrected chi connectivity index (χ3v) is 2.11. The molecule has 1 aromatic rings. The van der Waals surface area contributed by atoms with Gasteiger partial charge in [0.15, 0.2) is 0 Å². The molecule has 1 N–H and O–H groups in total. The first-order valence-electron chi connectivity index (χ1n) is 5.01. The minimum atomic E-state index is -1.08. The summed E-state index contributed by atoms with van der Waals surface area (Å²) >= 11 is 5.86. The molecule has 1 aromatic carbocycles. The average Bonchev–Trinajstić information content (AvgIpc) is 2.33. The van der Waals surface area contributed by atoms with Crippen molar-refractivity contribution in [1.29, 1.82) is 0 Å². The van der Waals surface area contributed by atoms with Gasteiger partial charge in [0.25, 0.3) is 0 Å². The number of ether oxygens (including phenoxy) is 1. The molecule has 0 bridgehead atoms. The molecule has 0 aliphatic carbocycles. The molecule has 0 spiro atoms. The summed E-state index contributed by atoms with van der Waals surface area (Å²) in [4.78, 5) is 14.6. The summed E-state index contributed by atoms with van der Waals surface area (Å²) in [6.07, 6.45) is 4.65. The summed E-state index contributed by atoms with van der Waals surface area (Å²) in [5, 5.41) is 12.3. The molecule has 1 rings (SSSR count). The van der Waals surface area contributed by atoms with Crippen LogP contribution in [0.2, 0.25) is 5.02 Å². The van der Waals surface area contributed by atoms with Gasteiger partial charge in [-0.3, -0.25) is 0 Å². The van der Waals surface area contributed by atoms with Gasteiger partial charge in [-0.15, -0.1) is 0 Å². The van der Waals surface area contributed by atoms with E-state index in [9.17, 15) is 4.79 Å². The van der Waals surface area contributed by atoms with Gasteiger partial charge in [-0.1, -0.05) is 16.8 Å². The van der Waals surface area contributed by atoms with Gasteiger partial charge in [0.2, 0.25) is 6.61 Å². The number of hydrogen-bond donors (Lipinski definition) is 1. The normalized spacial score (nSPS) is 11.0. The Morgan fingerprint density at radius 1 is 1.56 bits per heavy atom. The number of rotatable bonds is 6. The zero-order valence-corrected chi connectivity index (χ0v) is 10.4. The van der Waals surface area contributed by atoms with Crippen molar-refractivity contribution in [2.75, 3.05) is 13.7 Å². The monoisotopic (exact) mass is 269 g/mol. The lowest BCUT2D eigenvalue weighted by Gasteiger charge is -2.04. The first kappa shape index (κ1) is 14.1. The van der Waals surface area contributed by atoms with Gasteiger partial charge in [-0.2, -0.15) is 0 Å². The van der Waals surface area contributed by atoms with Crippen molar-refractivity contribution in [3.8, 4) is 5.75 Å². The molecular formula is C12H12ClNO4. The first-order chi connectivity index (χ1) is 8.63. The highest BCUT2D eigenvalue weighted by molar-refractivity contribution is 6.30. The minimum absolute atomic E-state index is 0.467. The predicted octanol–water partition coefficient (Wildman–Crippen LogP) is 2.45. The summed E-state index contributed by atoms with van der Waals surface area (Å²) in [5.41, 5.74) is 0.787. The van der Waals surface area contributed by atoms with Crippen LogP contribution in [0.1, 0.15) is 5.56 Å². The first-order valence-corrected chi connectivity index (χ1v) is 5.38. The van der Waals surface area contributed by atoms with Gasteiger partial charge in [-0.05, 0) is 30.4 Å². The Hall–Kier alpha value is -2.01. The highest BCUT2D eigenvalue weighted by Gasteiger charge is 1.99. The number of benzene rings is 1. The maximum absolute atomic E-state index is 10.1. The maximum atomic E-state index is 10.1. The van der Waals surface area contributed by atoms with Crippen LogP contribution in [0.4, 0.5) is 0 Å². The number of oxime groups is 1. The van der Waals surface area contributed by atoms with E-state index in [1.54, 1.807) is 37.5 Å². The lowest BCUT2D eigenvalue weighted by atomic mass is 10.2. The number of allylic oxidation sites excluding steroid dienone is 1. The Kier molecular flexibility index (Phi) is 5.73. The quantitative estimate of drug-likeness (QED) is 0.636. The number of aliphatic carboxylic acids is 1. The second kappa shape index (κ2) is 7.34. The van der Waals surface area contributed by atoms with Crippen LogP contribution in [0.5, 0.6) is 5.75 Å². The molecule has 0 amide bonds. The fourth-order valence-corrected chi connectivity index (χ4v) is 1.33. The largest absolute Gasteiger partial charge is 0.496 e. The molecule has 96 valence electrons. The molecule has 0 aliphatic rings. The Labute approximate surface area is 109 Å². The molecule has 18 heavy (non-hydrogen) atoms. The molecule has 0 aromatic heterocycles. The molecule has 0 aliphatic heterocycles. The summed E-state index contributed by atoms with van der Waals surface area (Å²) < 4.78 is 5.15. The number of carboxylic acid groups (broad SMARTS) is 1. The third kappa shape index (κ3) is 4.88. The molecule has 5 nitrogen and oxygen atoms in total. The van der Waals surface area contributed by atoms with Crippen LogP contribution in [-0.2, 0) is 9.63 Å². The van der Waals surface area contributed by atoms with Gasteiger partial charge < -0.3 is 14.7 Å². The summed E-state index contributed by atoms with van der Waals surface area (Å²) in [7, 11) is 1.56. The maximum Gasteiger partial charge on any atom is 0.344 e. The van der Waals surface area contributed by atoms with E-state index in [0.717, 1.165) is 5.56 Å². The van der Waals surface area contributed by atoms with Gasteiger partial charge in [0, 0.05) is 10.6 Å². The van der Waals surface area contributed by atoms with Crippen LogP contribution in [0.3, 0.4) is 0 Å². The van der Waals surface area contributed by atoms with Crippen molar-refractivity contribution in [2.45, 2.75) is 0 Å². The van der Waals surface area contributed by atoms with Crippen LogP contribution in [0, 0.1) is 0 Å². The van der Waals surface area contributed by atoms with E-state index in [-0.39, 0.29) is 0 Å². The number of halogens is 1. The van der Waals surface area contributed by atoms with E-state index < -0.39 is 12.6 Å². The van der Waals surface area contributed by atoms with Gasteiger partial charge in [0.1, 0.15) is 5.75 Å². The molecule has 0 heterocycles. The van der Waals surface area contributed by atoms with Crippen LogP contribution in [0.15, 0.2) is 29.4 Å². The van der Waals surface area contributed by atoms with Crippen molar-refractivity contribution in [3.63, 3.8) is 0 Å². The molecule has 0 atom stereocenters. The molecule has 6 heteroatoms. The topological polar surface area (TPSA) is 68.1 Å². The Balaban J connectivity index is 2.61. The molecule has 0 unspecified atom stereocenters. The highest BCUT2D eigenvalue weighted by atomic mass is 35.5. The molecule has 0 radical (unpaired) electrons. The van der Waals surface area contributed by atoms with Gasteiger partial charge >= 0.3 is 5.97 Å². The van der Waals surface area contributed by atoms with E-state index in [4.69, 9.17) is 21.4 Å². The summed E-state index contributed by atoms with van der Waals surface area (Å²) in [6, 6.07) is 5.21. The second-order valence-electron chi connectivity index (χ2n) is 3.17. The predicted molar refractivity (Wildman–Crippen MR) is 69.1 cm³/mol. The molecule has 0 fully saturated rings. The van der Waals surface area contributed by atoms with Crippen molar-refractivity contribution in [1.82, 2.24) is 0 Å². The van der Waals surface area contributed by atoms with Gasteiger partial charge in [0.05, 0.1) is 13.3 Å². The van der Waals surface area contributed by atoms with Crippen LogP contribution >= 0.6 is 11.6 Å².